The molecule has 0 unspecified atom stereocenters. The van der Waals surface area contributed by atoms with Crippen molar-refractivity contribution < 1.29 is 0 Å². The molecule has 146 valence electrons. The predicted molar refractivity (Wildman–Crippen MR) is 114 cm³/mol. The van der Waals surface area contributed by atoms with Crippen LogP contribution in [-0.2, 0) is 0 Å². The molecule has 0 aromatic rings. The summed E-state index contributed by atoms with van der Waals surface area (Å²) in [4.78, 5) is 2.67. The Kier molecular flexibility index (Phi) is 6.91. The number of rotatable bonds is 2. The van der Waals surface area contributed by atoms with Crippen LogP contribution in [0.4, 0.5) is 0 Å². The van der Waals surface area contributed by atoms with Gasteiger partial charge < -0.3 is 0 Å². The molecular formula is C21H48N2Sn. The van der Waals surface area contributed by atoms with Crippen molar-refractivity contribution in [1.82, 2.24) is 6.24 Å². The standard InChI is InChI=1S/2C8H18N.C4H9.CH3.Sn/c2*1-7(2,3)9-8(4,5)6;1-4(2)3;;/h2*1-6H3;1-3H3;1H3;/q2*-1;;;+2. The molecule has 0 bridgehead atoms. The van der Waals surface area contributed by atoms with Crippen molar-refractivity contribution >= 4 is 18.9 Å². The van der Waals surface area contributed by atoms with E-state index in [2.05, 4.69) is 115 Å². The van der Waals surface area contributed by atoms with E-state index in [0.717, 1.165) is 0 Å². The van der Waals surface area contributed by atoms with Crippen molar-refractivity contribution in [2.45, 2.75) is 134 Å². The molecule has 2 nitrogen and oxygen atoms in total. The van der Waals surface area contributed by atoms with E-state index in [-0.39, 0.29) is 25.6 Å². The van der Waals surface area contributed by atoms with Crippen molar-refractivity contribution in [2.75, 3.05) is 0 Å². The van der Waals surface area contributed by atoms with Gasteiger partial charge in [-0.15, -0.1) is 0 Å². The van der Waals surface area contributed by atoms with Crippen LogP contribution in [-0.4, -0.2) is 47.3 Å². The Morgan fingerprint density at radius 3 is 0.667 bits per heavy atom. The summed E-state index contributed by atoms with van der Waals surface area (Å²) in [6.07, 6.45) is 0. The van der Waals surface area contributed by atoms with Crippen molar-refractivity contribution in [3.05, 3.63) is 0 Å². The Morgan fingerprint density at radius 2 is 0.583 bits per heavy atom. The Labute approximate surface area is 159 Å². The minimum atomic E-state index is -3.09. The van der Waals surface area contributed by atoms with Gasteiger partial charge in [-0.1, -0.05) is 0 Å². The molecule has 0 radical (unpaired) electrons. The molecule has 0 saturated carbocycles. The molecule has 0 fully saturated rings. The van der Waals surface area contributed by atoms with Crippen LogP contribution >= 0.6 is 0 Å². The van der Waals surface area contributed by atoms with Crippen LogP contribution in [0.5, 0.6) is 0 Å². The second kappa shape index (κ2) is 6.71. The van der Waals surface area contributed by atoms with Gasteiger partial charge in [0.2, 0.25) is 0 Å². The number of hydrogen-bond donors (Lipinski definition) is 0. The number of nitrogens with zero attached hydrogens (tertiary/aromatic N) is 2. The van der Waals surface area contributed by atoms with Crippen molar-refractivity contribution in [1.29, 1.82) is 0 Å². The SMILES string of the molecule is CC(C)(C)[N](C(C)(C)C)[Sn]([CH3])([N](C(C)(C)C)C(C)(C)C)[C](C)(C)C. The van der Waals surface area contributed by atoms with Crippen LogP contribution in [0.25, 0.3) is 0 Å². The van der Waals surface area contributed by atoms with Gasteiger partial charge >= 0.3 is 160 Å². The summed E-state index contributed by atoms with van der Waals surface area (Å²) in [7, 11) is 0. The van der Waals surface area contributed by atoms with Gasteiger partial charge in [0.05, 0.1) is 0 Å². The van der Waals surface area contributed by atoms with Crippen LogP contribution in [0.1, 0.15) is 104 Å². The molecule has 0 aromatic carbocycles. The van der Waals surface area contributed by atoms with E-state index >= 15 is 0 Å². The average molecular weight is 447 g/mol. The Bertz CT molecular complexity index is 359. The normalized spacial score (nSPS) is 16.2. The van der Waals surface area contributed by atoms with Gasteiger partial charge in [-0.2, -0.15) is 0 Å². The topological polar surface area (TPSA) is 6.48 Å². The van der Waals surface area contributed by atoms with E-state index in [9.17, 15) is 0 Å². The van der Waals surface area contributed by atoms with Crippen LogP contribution < -0.4 is 0 Å². The van der Waals surface area contributed by atoms with Crippen molar-refractivity contribution in [3.8, 4) is 0 Å². The van der Waals surface area contributed by atoms with Gasteiger partial charge in [0.25, 0.3) is 0 Å². The molecule has 0 saturated heterocycles. The van der Waals surface area contributed by atoms with Crippen molar-refractivity contribution in [3.63, 3.8) is 0 Å². The van der Waals surface area contributed by atoms with Crippen LogP contribution in [0, 0.1) is 0 Å². The van der Waals surface area contributed by atoms with Gasteiger partial charge in [-0.25, -0.2) is 0 Å². The zero-order chi connectivity index (χ0) is 20.2. The fourth-order valence-electron chi connectivity index (χ4n) is 5.40. The monoisotopic (exact) mass is 448 g/mol. The van der Waals surface area contributed by atoms with Crippen LogP contribution in [0.15, 0.2) is 0 Å². The summed E-state index contributed by atoms with van der Waals surface area (Å²) in [5.41, 5.74) is 0.576. The second-order valence-corrected chi connectivity index (χ2v) is 25.3. The first kappa shape index (κ1) is 24.7. The van der Waals surface area contributed by atoms with Crippen LogP contribution in [0.3, 0.4) is 0 Å². The van der Waals surface area contributed by atoms with Crippen molar-refractivity contribution in [2.24, 2.45) is 0 Å². The van der Waals surface area contributed by atoms with Gasteiger partial charge in [0.15, 0.2) is 0 Å². The Balaban J connectivity index is 6.96. The summed E-state index contributed by atoms with van der Waals surface area (Å²) in [5.74, 6) is 0. The first-order valence-corrected chi connectivity index (χ1v) is 16.4. The van der Waals surface area contributed by atoms with E-state index in [1.165, 1.54) is 0 Å². The quantitative estimate of drug-likeness (QED) is 0.437. The summed E-state index contributed by atoms with van der Waals surface area (Å²) in [6.45, 7) is 36.3. The first-order chi connectivity index (χ1) is 9.98. The maximum atomic E-state index is 2.95. The third-order valence-electron chi connectivity index (χ3n) is 4.97. The molecule has 0 aliphatic rings. The molecule has 3 heteroatoms. The van der Waals surface area contributed by atoms with Gasteiger partial charge in [0, 0.05) is 0 Å². The minimum absolute atomic E-state index is 0.144. The second-order valence-electron chi connectivity index (χ2n) is 12.6. The van der Waals surface area contributed by atoms with E-state index < -0.39 is 18.9 Å². The first-order valence-electron chi connectivity index (χ1n) is 9.59. The van der Waals surface area contributed by atoms with E-state index in [0.29, 0.717) is 0 Å². The molecule has 0 rings (SSSR count). The predicted octanol–water partition coefficient (Wildman–Crippen LogP) is 6.66. The fraction of sp³-hybridized carbons (Fsp3) is 1.00. The average Bonchev–Trinajstić information content (AvgIpc) is 2.02. The molecular weight excluding hydrogens is 399 g/mol. The molecule has 24 heavy (non-hydrogen) atoms. The maximum absolute atomic E-state index is 3.09. The summed E-state index contributed by atoms with van der Waals surface area (Å²) in [6, 6.07) is 0. The zero-order valence-corrected chi connectivity index (χ0v) is 22.7. The van der Waals surface area contributed by atoms with Gasteiger partial charge in [-0.3, -0.25) is 0 Å². The molecule has 0 atom stereocenters. The summed E-state index contributed by atoms with van der Waals surface area (Å²) < 4.78 is 6.19. The molecule has 0 N–H and O–H groups in total. The third kappa shape index (κ3) is 5.13. The van der Waals surface area contributed by atoms with Gasteiger partial charge in [0.1, 0.15) is 0 Å². The zero-order valence-electron chi connectivity index (χ0n) is 19.9. The van der Waals surface area contributed by atoms with Gasteiger partial charge in [-0.05, 0) is 0 Å². The molecule has 0 aliphatic carbocycles. The van der Waals surface area contributed by atoms with E-state index in [1.54, 1.807) is 0 Å². The molecule has 0 aromatic heterocycles. The third-order valence-corrected chi connectivity index (χ3v) is 25.7. The number of hydrogen-bond acceptors (Lipinski definition) is 2. The molecule has 0 heterocycles. The van der Waals surface area contributed by atoms with E-state index in [4.69, 9.17) is 0 Å². The summed E-state index contributed by atoms with van der Waals surface area (Å²) >= 11 is -3.09. The van der Waals surface area contributed by atoms with Crippen LogP contribution in [0.2, 0.25) is 8.37 Å². The molecule has 0 aliphatic heterocycles. The Morgan fingerprint density at radius 1 is 0.417 bits per heavy atom. The molecule has 0 spiro atoms. The molecule has 0 amide bonds. The Hall–Kier alpha value is 0.719. The fourth-order valence-corrected chi connectivity index (χ4v) is 24.7. The summed E-state index contributed by atoms with van der Waals surface area (Å²) in [5, 5.41) is 0. The van der Waals surface area contributed by atoms with E-state index in [1.807, 2.05) is 0 Å².